The Hall–Kier alpha value is -1.40. The van der Waals surface area contributed by atoms with Crippen molar-refractivity contribution in [3.05, 3.63) is 30.3 Å². The van der Waals surface area contributed by atoms with Crippen LogP contribution in [-0.4, -0.2) is 61.3 Å². The van der Waals surface area contributed by atoms with Crippen LogP contribution in [-0.2, 0) is 0 Å². The number of hydrogen-bond acceptors (Lipinski definition) is 4. The second-order valence-electron chi connectivity index (χ2n) is 6.80. The van der Waals surface area contributed by atoms with E-state index in [0.29, 0.717) is 19.1 Å². The summed E-state index contributed by atoms with van der Waals surface area (Å²) in [5, 5.41) is 5.86. The predicted octanol–water partition coefficient (Wildman–Crippen LogP) is 2.58. The minimum Gasteiger partial charge on any atom is -0.492 e. The lowest BCUT2D eigenvalue weighted by Crippen LogP contribution is -2.45. The standard InChI is InChI=1S/C19H29N3O2S/c23-19(20-9-12-24-18-4-2-1-3-5-18)21-14-16-6-10-22(11-7-16)17-8-13-25-15-17/h1-5,16-17H,6-15H2,(H2,20,21,23)/t17-/m0/s1. The SMILES string of the molecule is O=C(NCCOc1ccccc1)NCC1CCN([C@H]2CCSC2)CC1. The topological polar surface area (TPSA) is 53.6 Å². The number of hydrogen-bond donors (Lipinski definition) is 2. The van der Waals surface area contributed by atoms with Crippen molar-refractivity contribution in [1.82, 2.24) is 15.5 Å². The van der Waals surface area contributed by atoms with Gasteiger partial charge in [-0.05, 0) is 56.2 Å². The summed E-state index contributed by atoms with van der Waals surface area (Å²) >= 11 is 2.08. The quantitative estimate of drug-likeness (QED) is 0.731. The second kappa shape index (κ2) is 9.92. The summed E-state index contributed by atoms with van der Waals surface area (Å²) in [7, 11) is 0. The highest BCUT2D eigenvalue weighted by Crippen LogP contribution is 2.26. The molecule has 25 heavy (non-hydrogen) atoms. The third-order valence-electron chi connectivity index (χ3n) is 5.02. The summed E-state index contributed by atoms with van der Waals surface area (Å²) in [5.41, 5.74) is 0. The van der Waals surface area contributed by atoms with Gasteiger partial charge >= 0.3 is 6.03 Å². The number of nitrogens with one attached hydrogen (secondary N) is 2. The van der Waals surface area contributed by atoms with E-state index in [-0.39, 0.29) is 6.03 Å². The summed E-state index contributed by atoms with van der Waals surface area (Å²) in [5.74, 6) is 4.06. The summed E-state index contributed by atoms with van der Waals surface area (Å²) in [6.07, 6.45) is 3.73. The Morgan fingerprint density at radius 2 is 1.96 bits per heavy atom. The van der Waals surface area contributed by atoms with Gasteiger partial charge in [-0.25, -0.2) is 4.79 Å². The molecule has 6 heteroatoms. The summed E-state index contributed by atoms with van der Waals surface area (Å²) in [6, 6.07) is 10.4. The van der Waals surface area contributed by atoms with Crippen molar-refractivity contribution < 1.29 is 9.53 Å². The van der Waals surface area contributed by atoms with Crippen LogP contribution in [0.4, 0.5) is 4.79 Å². The Morgan fingerprint density at radius 1 is 1.16 bits per heavy atom. The number of benzene rings is 1. The molecule has 3 rings (SSSR count). The van der Waals surface area contributed by atoms with Crippen LogP contribution in [0.3, 0.4) is 0 Å². The van der Waals surface area contributed by atoms with Crippen molar-refractivity contribution in [2.24, 2.45) is 5.92 Å². The fraction of sp³-hybridized carbons (Fsp3) is 0.632. The van der Waals surface area contributed by atoms with Gasteiger partial charge in [0.1, 0.15) is 12.4 Å². The summed E-state index contributed by atoms with van der Waals surface area (Å²) in [6.45, 7) is 4.14. The van der Waals surface area contributed by atoms with Gasteiger partial charge in [0.05, 0.1) is 6.54 Å². The number of piperidine rings is 1. The molecule has 2 heterocycles. The van der Waals surface area contributed by atoms with Crippen molar-refractivity contribution >= 4 is 17.8 Å². The van der Waals surface area contributed by atoms with Gasteiger partial charge in [0.2, 0.25) is 0 Å². The molecule has 0 spiro atoms. The van der Waals surface area contributed by atoms with Gasteiger partial charge in [0.25, 0.3) is 0 Å². The first kappa shape index (κ1) is 18.4. The average molecular weight is 364 g/mol. The number of urea groups is 1. The molecule has 5 nitrogen and oxygen atoms in total. The molecule has 0 aliphatic carbocycles. The smallest absolute Gasteiger partial charge is 0.314 e. The van der Waals surface area contributed by atoms with Crippen molar-refractivity contribution in [2.75, 3.05) is 44.3 Å². The second-order valence-corrected chi connectivity index (χ2v) is 7.94. The van der Waals surface area contributed by atoms with E-state index in [0.717, 1.165) is 18.3 Å². The Balaban J connectivity index is 1.23. The molecule has 0 bridgehead atoms. The van der Waals surface area contributed by atoms with Gasteiger partial charge in [-0.3, -0.25) is 4.90 Å². The molecule has 2 saturated heterocycles. The number of likely N-dealkylation sites (tertiary alicyclic amines) is 1. The largest absolute Gasteiger partial charge is 0.492 e. The lowest BCUT2D eigenvalue weighted by Gasteiger charge is -2.35. The Labute approximate surface area is 154 Å². The minimum absolute atomic E-state index is 0.0914. The van der Waals surface area contributed by atoms with E-state index in [1.54, 1.807) is 0 Å². The lowest BCUT2D eigenvalue weighted by atomic mass is 9.95. The van der Waals surface area contributed by atoms with Crippen molar-refractivity contribution in [3.63, 3.8) is 0 Å². The van der Waals surface area contributed by atoms with Gasteiger partial charge in [-0.15, -0.1) is 0 Å². The Bertz CT molecular complexity index is 515. The van der Waals surface area contributed by atoms with E-state index in [1.807, 2.05) is 30.3 Å². The van der Waals surface area contributed by atoms with Crippen molar-refractivity contribution in [3.8, 4) is 5.75 Å². The first-order valence-electron chi connectivity index (χ1n) is 9.32. The van der Waals surface area contributed by atoms with Gasteiger partial charge in [-0.1, -0.05) is 18.2 Å². The maximum atomic E-state index is 11.9. The molecule has 0 unspecified atom stereocenters. The molecule has 0 saturated carbocycles. The highest BCUT2D eigenvalue weighted by atomic mass is 32.2. The van der Waals surface area contributed by atoms with Crippen molar-refractivity contribution in [2.45, 2.75) is 25.3 Å². The zero-order valence-electron chi connectivity index (χ0n) is 14.8. The monoisotopic (exact) mass is 363 g/mol. The lowest BCUT2D eigenvalue weighted by molar-refractivity contribution is 0.143. The highest BCUT2D eigenvalue weighted by molar-refractivity contribution is 7.99. The van der Waals surface area contributed by atoms with Gasteiger partial charge in [0, 0.05) is 18.3 Å². The molecule has 2 aliphatic rings. The summed E-state index contributed by atoms with van der Waals surface area (Å²) in [4.78, 5) is 14.5. The van der Waals surface area contributed by atoms with E-state index < -0.39 is 0 Å². The number of para-hydroxylation sites is 1. The number of amides is 2. The van der Waals surface area contributed by atoms with Crippen LogP contribution in [0.5, 0.6) is 5.75 Å². The number of thioether (sulfide) groups is 1. The molecule has 0 aromatic heterocycles. The first-order valence-corrected chi connectivity index (χ1v) is 10.5. The third-order valence-corrected chi connectivity index (χ3v) is 6.17. The molecular formula is C19H29N3O2S. The summed E-state index contributed by atoms with van der Waals surface area (Å²) < 4.78 is 5.56. The Kier molecular flexibility index (Phi) is 7.30. The van der Waals surface area contributed by atoms with E-state index in [9.17, 15) is 4.79 Å². The molecule has 1 atom stereocenters. The van der Waals surface area contributed by atoms with E-state index in [4.69, 9.17) is 4.74 Å². The molecule has 1 aromatic carbocycles. The van der Waals surface area contributed by atoms with Crippen LogP contribution in [0.25, 0.3) is 0 Å². The number of rotatable bonds is 7. The number of nitrogens with zero attached hydrogens (tertiary/aromatic N) is 1. The molecular weight excluding hydrogens is 334 g/mol. The van der Waals surface area contributed by atoms with Crippen molar-refractivity contribution in [1.29, 1.82) is 0 Å². The molecule has 2 amide bonds. The van der Waals surface area contributed by atoms with Crippen LogP contribution < -0.4 is 15.4 Å². The molecule has 138 valence electrons. The maximum absolute atomic E-state index is 11.9. The minimum atomic E-state index is -0.0914. The van der Waals surface area contributed by atoms with Crippen LogP contribution in [0.1, 0.15) is 19.3 Å². The molecule has 0 radical (unpaired) electrons. The van der Waals surface area contributed by atoms with Gasteiger partial charge in [-0.2, -0.15) is 11.8 Å². The third kappa shape index (κ3) is 6.12. The fourth-order valence-electron chi connectivity index (χ4n) is 3.48. The molecule has 2 N–H and O–H groups in total. The average Bonchev–Trinajstić information content (AvgIpc) is 3.20. The van der Waals surface area contributed by atoms with Crippen LogP contribution in [0.15, 0.2) is 30.3 Å². The van der Waals surface area contributed by atoms with E-state index >= 15 is 0 Å². The number of carbonyl (C=O) groups excluding carboxylic acids is 1. The van der Waals surface area contributed by atoms with Crippen LogP contribution >= 0.6 is 11.8 Å². The molecule has 2 fully saturated rings. The maximum Gasteiger partial charge on any atom is 0.314 e. The predicted molar refractivity (Wildman–Crippen MR) is 103 cm³/mol. The van der Waals surface area contributed by atoms with Gasteiger partial charge in [0.15, 0.2) is 0 Å². The Morgan fingerprint density at radius 3 is 2.68 bits per heavy atom. The van der Waals surface area contributed by atoms with Crippen LogP contribution in [0, 0.1) is 5.92 Å². The number of ether oxygens (including phenoxy) is 1. The molecule has 2 aliphatic heterocycles. The molecule has 1 aromatic rings. The normalized spacial score (nSPS) is 21.8. The zero-order valence-corrected chi connectivity index (χ0v) is 15.6. The number of carbonyl (C=O) groups is 1. The van der Waals surface area contributed by atoms with Crippen LogP contribution in [0.2, 0.25) is 0 Å². The first-order chi connectivity index (χ1) is 12.3. The van der Waals surface area contributed by atoms with E-state index in [1.165, 1.54) is 43.9 Å². The fourth-order valence-corrected chi connectivity index (χ4v) is 4.74. The van der Waals surface area contributed by atoms with E-state index in [2.05, 4.69) is 27.3 Å². The highest BCUT2D eigenvalue weighted by Gasteiger charge is 2.27. The zero-order chi connectivity index (χ0) is 17.3. The van der Waals surface area contributed by atoms with Gasteiger partial charge < -0.3 is 15.4 Å².